The molecule has 0 unspecified atom stereocenters. The molecule has 18 heavy (non-hydrogen) atoms. The Balaban J connectivity index is 3.50. The molecule has 1 aromatic heterocycles. The SMILES string of the molecule is COC(=O)C(C(=O)OC)(C(=O)OC)c1cccs1. The van der Waals surface area contributed by atoms with E-state index < -0.39 is 23.3 Å². The van der Waals surface area contributed by atoms with Gasteiger partial charge in [-0.1, -0.05) is 6.07 Å². The number of rotatable bonds is 4. The molecule has 7 heteroatoms. The smallest absolute Gasteiger partial charge is 0.340 e. The van der Waals surface area contributed by atoms with Crippen molar-refractivity contribution in [2.45, 2.75) is 5.41 Å². The van der Waals surface area contributed by atoms with Crippen molar-refractivity contribution in [1.29, 1.82) is 0 Å². The van der Waals surface area contributed by atoms with Gasteiger partial charge in [0.2, 0.25) is 0 Å². The number of carbonyl (C=O) groups is 3. The highest BCUT2D eigenvalue weighted by Gasteiger charge is 2.59. The van der Waals surface area contributed by atoms with E-state index in [0.717, 1.165) is 32.7 Å². The number of esters is 3. The first-order valence-corrected chi connectivity index (χ1v) is 5.72. The van der Waals surface area contributed by atoms with E-state index in [1.54, 1.807) is 11.4 Å². The molecule has 0 aromatic carbocycles. The van der Waals surface area contributed by atoms with Gasteiger partial charge in [0, 0.05) is 4.88 Å². The molecule has 0 amide bonds. The highest BCUT2D eigenvalue weighted by atomic mass is 32.1. The number of methoxy groups -OCH3 is 3. The van der Waals surface area contributed by atoms with Gasteiger partial charge in [0.1, 0.15) is 0 Å². The maximum Gasteiger partial charge on any atom is 0.340 e. The summed E-state index contributed by atoms with van der Waals surface area (Å²) in [7, 11) is 3.24. The number of hydrogen-bond donors (Lipinski definition) is 0. The molecular weight excluding hydrogens is 260 g/mol. The van der Waals surface area contributed by atoms with Gasteiger partial charge >= 0.3 is 17.9 Å². The summed E-state index contributed by atoms with van der Waals surface area (Å²) in [6.07, 6.45) is 0. The van der Waals surface area contributed by atoms with Crippen LogP contribution in [0.1, 0.15) is 4.88 Å². The second kappa shape index (κ2) is 5.63. The number of thiophene rings is 1. The first-order valence-electron chi connectivity index (χ1n) is 4.84. The normalized spacial score (nSPS) is 10.6. The standard InChI is InChI=1S/C11H12O6S/c1-15-8(12)11(9(13)16-2,10(14)17-3)7-5-4-6-18-7/h4-6H,1-3H3. The average molecular weight is 272 g/mol. The summed E-state index contributed by atoms with van der Waals surface area (Å²) in [6, 6.07) is 3.07. The summed E-state index contributed by atoms with van der Waals surface area (Å²) in [5.41, 5.74) is -2.22. The molecule has 0 bridgehead atoms. The van der Waals surface area contributed by atoms with Gasteiger partial charge in [-0.25, -0.2) is 14.4 Å². The van der Waals surface area contributed by atoms with Crippen LogP contribution in [0.5, 0.6) is 0 Å². The zero-order chi connectivity index (χ0) is 13.8. The molecule has 1 rings (SSSR count). The number of carbonyl (C=O) groups excluding carboxylic acids is 3. The summed E-state index contributed by atoms with van der Waals surface area (Å²) >= 11 is 1.06. The summed E-state index contributed by atoms with van der Waals surface area (Å²) in [4.78, 5) is 35.9. The molecule has 0 spiro atoms. The molecule has 1 aromatic rings. The van der Waals surface area contributed by atoms with Crippen molar-refractivity contribution in [3.8, 4) is 0 Å². The fourth-order valence-corrected chi connectivity index (χ4v) is 2.39. The Morgan fingerprint density at radius 1 is 1.00 bits per heavy atom. The second-order valence-corrected chi connectivity index (χ2v) is 4.15. The van der Waals surface area contributed by atoms with E-state index in [1.165, 1.54) is 6.07 Å². The predicted octanol–water partition coefficient (Wildman–Crippen LogP) is 0.505. The van der Waals surface area contributed by atoms with Crippen molar-refractivity contribution in [3.05, 3.63) is 22.4 Å². The average Bonchev–Trinajstić information content (AvgIpc) is 2.92. The van der Waals surface area contributed by atoms with Crippen LogP contribution in [0, 0.1) is 0 Å². The van der Waals surface area contributed by atoms with Crippen LogP contribution in [-0.4, -0.2) is 39.2 Å². The molecule has 0 aliphatic heterocycles. The third kappa shape index (κ3) is 1.97. The van der Waals surface area contributed by atoms with Gasteiger partial charge in [-0.15, -0.1) is 11.3 Å². The van der Waals surface area contributed by atoms with Crippen molar-refractivity contribution in [2.24, 2.45) is 0 Å². The quantitative estimate of drug-likeness (QED) is 0.451. The Labute approximate surface area is 107 Å². The minimum Gasteiger partial charge on any atom is -0.467 e. The summed E-state index contributed by atoms with van der Waals surface area (Å²) in [6.45, 7) is 0. The Morgan fingerprint density at radius 2 is 1.44 bits per heavy atom. The van der Waals surface area contributed by atoms with Crippen molar-refractivity contribution < 1.29 is 28.6 Å². The molecular formula is C11H12O6S. The van der Waals surface area contributed by atoms with E-state index in [1.807, 2.05) is 0 Å². The molecule has 0 saturated carbocycles. The molecule has 0 fully saturated rings. The van der Waals surface area contributed by atoms with Gasteiger partial charge in [-0.05, 0) is 11.4 Å². The van der Waals surface area contributed by atoms with E-state index in [0.29, 0.717) is 0 Å². The van der Waals surface area contributed by atoms with Crippen LogP contribution in [0.2, 0.25) is 0 Å². The fourth-order valence-electron chi connectivity index (χ4n) is 1.50. The Morgan fingerprint density at radius 3 is 1.72 bits per heavy atom. The van der Waals surface area contributed by atoms with Crippen LogP contribution in [0.3, 0.4) is 0 Å². The van der Waals surface area contributed by atoms with E-state index in [4.69, 9.17) is 0 Å². The number of hydrogen-bond acceptors (Lipinski definition) is 7. The van der Waals surface area contributed by atoms with Crippen molar-refractivity contribution in [2.75, 3.05) is 21.3 Å². The maximum atomic E-state index is 11.9. The molecule has 0 radical (unpaired) electrons. The molecule has 0 atom stereocenters. The molecule has 0 aliphatic carbocycles. The second-order valence-electron chi connectivity index (χ2n) is 3.20. The lowest BCUT2D eigenvalue weighted by atomic mass is 9.86. The largest absolute Gasteiger partial charge is 0.467 e. The van der Waals surface area contributed by atoms with Crippen LogP contribution < -0.4 is 0 Å². The molecule has 98 valence electrons. The maximum absolute atomic E-state index is 11.9. The fraction of sp³-hybridized carbons (Fsp3) is 0.364. The van der Waals surface area contributed by atoms with Crippen LogP contribution >= 0.6 is 11.3 Å². The topological polar surface area (TPSA) is 78.9 Å². The first kappa shape index (κ1) is 14.2. The van der Waals surface area contributed by atoms with E-state index in [9.17, 15) is 14.4 Å². The first-order chi connectivity index (χ1) is 8.55. The van der Waals surface area contributed by atoms with Crippen LogP contribution in [-0.2, 0) is 34.0 Å². The Bertz CT molecular complexity index is 409. The van der Waals surface area contributed by atoms with Crippen LogP contribution in [0.4, 0.5) is 0 Å². The molecule has 0 saturated heterocycles. The lowest BCUT2D eigenvalue weighted by Crippen LogP contribution is -2.52. The van der Waals surface area contributed by atoms with Gasteiger partial charge < -0.3 is 14.2 Å². The lowest BCUT2D eigenvalue weighted by molar-refractivity contribution is -0.172. The van der Waals surface area contributed by atoms with E-state index in [-0.39, 0.29) is 4.88 Å². The molecule has 0 N–H and O–H groups in total. The molecule has 6 nitrogen and oxygen atoms in total. The Kier molecular flexibility index (Phi) is 4.43. The molecule has 1 heterocycles. The predicted molar refractivity (Wildman–Crippen MR) is 62.0 cm³/mol. The van der Waals surface area contributed by atoms with Gasteiger partial charge in [-0.2, -0.15) is 0 Å². The third-order valence-electron chi connectivity index (χ3n) is 2.37. The zero-order valence-electron chi connectivity index (χ0n) is 10.1. The van der Waals surface area contributed by atoms with Gasteiger partial charge in [0.15, 0.2) is 0 Å². The van der Waals surface area contributed by atoms with Gasteiger partial charge in [0.05, 0.1) is 21.3 Å². The summed E-state index contributed by atoms with van der Waals surface area (Å²) in [5.74, 6) is -3.11. The van der Waals surface area contributed by atoms with Crippen molar-refractivity contribution in [1.82, 2.24) is 0 Å². The van der Waals surface area contributed by atoms with E-state index in [2.05, 4.69) is 14.2 Å². The number of ether oxygens (including phenoxy) is 3. The summed E-state index contributed by atoms with van der Waals surface area (Å²) in [5, 5.41) is 1.62. The van der Waals surface area contributed by atoms with Crippen molar-refractivity contribution in [3.63, 3.8) is 0 Å². The molecule has 0 aliphatic rings. The highest BCUT2D eigenvalue weighted by Crippen LogP contribution is 2.32. The minimum atomic E-state index is -2.22. The lowest BCUT2D eigenvalue weighted by Gasteiger charge is -2.24. The minimum absolute atomic E-state index is 0.188. The van der Waals surface area contributed by atoms with Crippen LogP contribution in [0.25, 0.3) is 0 Å². The van der Waals surface area contributed by atoms with E-state index >= 15 is 0 Å². The summed E-state index contributed by atoms with van der Waals surface area (Å²) < 4.78 is 13.7. The Hall–Kier alpha value is -1.89. The monoisotopic (exact) mass is 272 g/mol. The van der Waals surface area contributed by atoms with Gasteiger partial charge in [0.25, 0.3) is 5.41 Å². The van der Waals surface area contributed by atoms with Crippen LogP contribution in [0.15, 0.2) is 17.5 Å². The van der Waals surface area contributed by atoms with Gasteiger partial charge in [-0.3, -0.25) is 0 Å². The van der Waals surface area contributed by atoms with Crippen molar-refractivity contribution >= 4 is 29.2 Å². The zero-order valence-corrected chi connectivity index (χ0v) is 10.9. The highest BCUT2D eigenvalue weighted by molar-refractivity contribution is 7.10. The third-order valence-corrected chi connectivity index (χ3v) is 3.35.